The van der Waals surface area contributed by atoms with Crippen LogP contribution in [-0.2, 0) is 11.2 Å². The first-order valence-electron chi connectivity index (χ1n) is 8.37. The molecule has 1 aromatic rings. The van der Waals surface area contributed by atoms with E-state index in [0.29, 0.717) is 6.42 Å². The molecule has 0 aliphatic rings. The molecule has 0 bridgehead atoms. The molecule has 0 aromatic heterocycles. The molecule has 1 rings (SSSR count). The van der Waals surface area contributed by atoms with Crippen LogP contribution in [0.1, 0.15) is 47.1 Å². The number of Topliss-reactive ketones (excluding diaryl/α,β-unsaturated/α-hetero) is 1. The molecule has 0 saturated carbocycles. The van der Waals surface area contributed by atoms with Gasteiger partial charge in [-0.25, -0.2) is 4.79 Å². The van der Waals surface area contributed by atoms with E-state index in [0.717, 1.165) is 5.56 Å². The molecule has 1 aromatic carbocycles. The Morgan fingerprint density at radius 3 is 2.08 bits per heavy atom. The standard InChI is InChI=1S/C19H31N3O2/c1-18(2,3)15(23)13-20-17(24)21-16(22-19(4,5)6)12-14-10-8-7-9-11-14/h7-11,16,22H,12-13H2,1-6H3,(H2,20,21,24)/t16-/m0/s1. The summed E-state index contributed by atoms with van der Waals surface area (Å²) in [6, 6.07) is 9.63. The van der Waals surface area contributed by atoms with Gasteiger partial charge in [-0.15, -0.1) is 0 Å². The number of benzene rings is 1. The van der Waals surface area contributed by atoms with Crippen LogP contribution in [0.2, 0.25) is 0 Å². The van der Waals surface area contributed by atoms with Crippen LogP contribution in [0.25, 0.3) is 0 Å². The normalized spacial score (nSPS) is 13.2. The van der Waals surface area contributed by atoms with E-state index < -0.39 is 5.41 Å². The SMILES string of the molecule is CC(C)(C)N[C@@H](Cc1ccccc1)NC(=O)NCC(=O)C(C)(C)C. The second-order valence-corrected chi connectivity index (χ2v) is 8.14. The number of amides is 2. The van der Waals surface area contributed by atoms with E-state index in [9.17, 15) is 9.59 Å². The van der Waals surface area contributed by atoms with Crippen LogP contribution >= 0.6 is 0 Å². The van der Waals surface area contributed by atoms with Gasteiger partial charge in [0.2, 0.25) is 0 Å². The first-order valence-corrected chi connectivity index (χ1v) is 8.37. The van der Waals surface area contributed by atoms with E-state index in [1.54, 1.807) is 0 Å². The summed E-state index contributed by atoms with van der Waals surface area (Å²) in [7, 11) is 0. The zero-order valence-corrected chi connectivity index (χ0v) is 15.7. The van der Waals surface area contributed by atoms with Crippen molar-refractivity contribution in [3.05, 3.63) is 35.9 Å². The van der Waals surface area contributed by atoms with Gasteiger partial charge in [-0.1, -0.05) is 51.1 Å². The topological polar surface area (TPSA) is 70.2 Å². The average Bonchev–Trinajstić information content (AvgIpc) is 2.42. The molecule has 0 saturated heterocycles. The van der Waals surface area contributed by atoms with Crippen molar-refractivity contribution in [1.29, 1.82) is 0 Å². The highest BCUT2D eigenvalue weighted by Crippen LogP contribution is 2.13. The van der Waals surface area contributed by atoms with Crippen LogP contribution in [-0.4, -0.2) is 30.1 Å². The predicted octanol–water partition coefficient (Wildman–Crippen LogP) is 2.86. The molecule has 2 amide bonds. The summed E-state index contributed by atoms with van der Waals surface area (Å²) >= 11 is 0. The van der Waals surface area contributed by atoms with Crippen LogP contribution in [0.3, 0.4) is 0 Å². The molecular formula is C19H31N3O2. The highest BCUT2D eigenvalue weighted by atomic mass is 16.2. The highest BCUT2D eigenvalue weighted by Gasteiger charge is 2.23. The van der Waals surface area contributed by atoms with Gasteiger partial charge in [0, 0.05) is 17.4 Å². The van der Waals surface area contributed by atoms with Crippen LogP contribution in [0.15, 0.2) is 30.3 Å². The molecule has 24 heavy (non-hydrogen) atoms. The number of carbonyl (C=O) groups is 2. The van der Waals surface area contributed by atoms with Crippen molar-refractivity contribution in [2.75, 3.05) is 6.54 Å². The Morgan fingerprint density at radius 1 is 1.00 bits per heavy atom. The molecule has 0 unspecified atom stereocenters. The Bertz CT molecular complexity index is 542. The van der Waals surface area contributed by atoms with Gasteiger partial charge in [0.25, 0.3) is 0 Å². The van der Waals surface area contributed by atoms with Crippen molar-refractivity contribution >= 4 is 11.8 Å². The van der Waals surface area contributed by atoms with E-state index in [4.69, 9.17) is 0 Å². The molecule has 0 fully saturated rings. The third kappa shape index (κ3) is 8.11. The number of carbonyl (C=O) groups excluding carboxylic acids is 2. The van der Waals surface area contributed by atoms with Crippen molar-refractivity contribution in [3.8, 4) is 0 Å². The fourth-order valence-corrected chi connectivity index (χ4v) is 2.15. The molecule has 0 aliphatic heterocycles. The van der Waals surface area contributed by atoms with Gasteiger partial charge in [0.05, 0.1) is 12.7 Å². The van der Waals surface area contributed by atoms with Gasteiger partial charge >= 0.3 is 6.03 Å². The number of urea groups is 1. The van der Waals surface area contributed by atoms with Gasteiger partial charge < -0.3 is 10.6 Å². The molecule has 5 heteroatoms. The van der Waals surface area contributed by atoms with Gasteiger partial charge in [0.1, 0.15) is 0 Å². The van der Waals surface area contributed by atoms with Crippen LogP contribution in [0.4, 0.5) is 4.79 Å². The van der Waals surface area contributed by atoms with Crippen molar-refractivity contribution < 1.29 is 9.59 Å². The minimum atomic E-state index is -0.458. The number of hydrogen-bond donors (Lipinski definition) is 3. The largest absolute Gasteiger partial charge is 0.331 e. The predicted molar refractivity (Wildman–Crippen MR) is 97.8 cm³/mol. The number of ketones is 1. The molecule has 0 aliphatic carbocycles. The first kappa shape index (κ1) is 20.2. The Morgan fingerprint density at radius 2 is 1.58 bits per heavy atom. The molecule has 0 spiro atoms. The Balaban J connectivity index is 2.64. The fourth-order valence-electron chi connectivity index (χ4n) is 2.15. The third-order valence-electron chi connectivity index (χ3n) is 3.44. The van der Waals surface area contributed by atoms with Gasteiger partial charge in [-0.05, 0) is 26.3 Å². The summed E-state index contributed by atoms with van der Waals surface area (Å²) in [6.07, 6.45) is 0.441. The van der Waals surface area contributed by atoms with Crippen LogP contribution in [0.5, 0.6) is 0 Å². The minimum absolute atomic E-state index is 0.000963. The number of hydrogen-bond acceptors (Lipinski definition) is 3. The lowest BCUT2D eigenvalue weighted by Gasteiger charge is -2.29. The minimum Gasteiger partial charge on any atom is -0.331 e. The Kier molecular flexibility index (Phi) is 6.96. The third-order valence-corrected chi connectivity index (χ3v) is 3.44. The van der Waals surface area contributed by atoms with Crippen molar-refractivity contribution in [2.24, 2.45) is 5.41 Å². The smallest absolute Gasteiger partial charge is 0.316 e. The summed E-state index contributed by atoms with van der Waals surface area (Å²) in [5.74, 6) is 0.000963. The first-order chi connectivity index (χ1) is 11.0. The summed E-state index contributed by atoms with van der Waals surface area (Å²) in [5.41, 5.74) is 0.527. The average molecular weight is 333 g/mol. The van der Waals surface area contributed by atoms with Crippen LogP contribution < -0.4 is 16.0 Å². The summed E-state index contributed by atoms with van der Waals surface area (Å²) in [6.45, 7) is 11.7. The van der Waals surface area contributed by atoms with E-state index in [2.05, 4.69) is 16.0 Å². The van der Waals surface area contributed by atoms with Gasteiger partial charge in [0.15, 0.2) is 5.78 Å². The Labute approximate surface area is 145 Å². The lowest BCUT2D eigenvalue weighted by molar-refractivity contribution is -0.125. The van der Waals surface area contributed by atoms with Crippen molar-refractivity contribution in [2.45, 2.75) is 59.7 Å². The summed E-state index contributed by atoms with van der Waals surface area (Å²) < 4.78 is 0. The van der Waals surface area contributed by atoms with E-state index in [-0.39, 0.29) is 30.1 Å². The van der Waals surface area contributed by atoms with E-state index in [1.807, 2.05) is 71.9 Å². The lowest BCUT2D eigenvalue weighted by atomic mass is 9.91. The van der Waals surface area contributed by atoms with E-state index in [1.165, 1.54) is 0 Å². The van der Waals surface area contributed by atoms with Gasteiger partial charge in [-0.3, -0.25) is 10.1 Å². The van der Waals surface area contributed by atoms with Crippen molar-refractivity contribution in [3.63, 3.8) is 0 Å². The molecule has 134 valence electrons. The molecule has 0 radical (unpaired) electrons. The molecule has 5 nitrogen and oxygen atoms in total. The molecular weight excluding hydrogens is 302 g/mol. The fraction of sp³-hybridized carbons (Fsp3) is 0.579. The zero-order valence-electron chi connectivity index (χ0n) is 15.7. The maximum atomic E-state index is 12.1. The number of rotatable bonds is 6. The van der Waals surface area contributed by atoms with Gasteiger partial charge in [-0.2, -0.15) is 0 Å². The summed E-state index contributed by atoms with van der Waals surface area (Å²) in [4.78, 5) is 24.1. The molecule has 1 atom stereocenters. The molecule has 3 N–H and O–H groups in total. The summed E-state index contributed by atoms with van der Waals surface area (Å²) in [5, 5.41) is 8.96. The maximum Gasteiger partial charge on any atom is 0.316 e. The highest BCUT2D eigenvalue weighted by molar-refractivity contribution is 5.88. The van der Waals surface area contributed by atoms with Crippen molar-refractivity contribution in [1.82, 2.24) is 16.0 Å². The number of nitrogens with one attached hydrogen (secondary N) is 3. The quantitative estimate of drug-likeness (QED) is 0.701. The molecule has 0 heterocycles. The second-order valence-electron chi connectivity index (χ2n) is 8.14. The maximum absolute atomic E-state index is 12.1. The Hall–Kier alpha value is -1.88. The van der Waals surface area contributed by atoms with E-state index >= 15 is 0 Å². The van der Waals surface area contributed by atoms with Crippen LogP contribution in [0, 0.1) is 5.41 Å². The second kappa shape index (κ2) is 8.29. The zero-order chi connectivity index (χ0) is 18.4. The lowest BCUT2D eigenvalue weighted by Crippen LogP contribution is -2.56. The monoisotopic (exact) mass is 333 g/mol.